The first-order valence-electron chi connectivity index (χ1n) is 10.5. The predicted molar refractivity (Wildman–Crippen MR) is 117 cm³/mol. The number of carbonyl (C=O) groups is 1. The van der Waals surface area contributed by atoms with E-state index in [0.29, 0.717) is 36.0 Å². The molecule has 1 heterocycles. The molecule has 0 radical (unpaired) electrons. The van der Waals surface area contributed by atoms with Gasteiger partial charge in [-0.3, -0.25) is 4.79 Å². The summed E-state index contributed by atoms with van der Waals surface area (Å²) in [5.41, 5.74) is 1.44. The summed E-state index contributed by atoms with van der Waals surface area (Å²) in [5.74, 6) is -0.833. The van der Waals surface area contributed by atoms with Gasteiger partial charge in [0, 0.05) is 23.9 Å². The highest BCUT2D eigenvalue weighted by Crippen LogP contribution is 2.52. The molecule has 1 aliphatic heterocycles. The Balaban J connectivity index is 1.69. The van der Waals surface area contributed by atoms with Crippen LogP contribution in [-0.4, -0.2) is 28.0 Å². The molecule has 31 heavy (non-hydrogen) atoms. The van der Waals surface area contributed by atoms with Crippen molar-refractivity contribution < 1.29 is 22.3 Å². The Morgan fingerprint density at radius 1 is 1.26 bits per heavy atom. The smallest absolute Gasteiger partial charge is 0.264 e. The number of sulfonamides is 1. The van der Waals surface area contributed by atoms with Crippen LogP contribution in [0.4, 0.5) is 10.1 Å². The summed E-state index contributed by atoms with van der Waals surface area (Å²) in [7, 11) is -2.64. The van der Waals surface area contributed by atoms with Gasteiger partial charge in [0.15, 0.2) is 0 Å². The van der Waals surface area contributed by atoms with E-state index in [-0.39, 0.29) is 16.6 Å². The van der Waals surface area contributed by atoms with Gasteiger partial charge in [-0.25, -0.2) is 17.5 Å². The van der Waals surface area contributed by atoms with E-state index in [1.807, 2.05) is 19.9 Å². The third-order valence-corrected chi connectivity index (χ3v) is 7.63. The lowest BCUT2D eigenvalue weighted by molar-refractivity contribution is -0.121. The second-order valence-electron chi connectivity index (χ2n) is 8.56. The Bertz CT molecular complexity index is 1140. The molecule has 0 spiro atoms. The molecule has 1 saturated carbocycles. The molecule has 1 aliphatic carbocycles. The lowest BCUT2D eigenvalue weighted by Crippen LogP contribution is -2.39. The first-order valence-corrected chi connectivity index (χ1v) is 12.0. The van der Waals surface area contributed by atoms with Crippen LogP contribution in [0.1, 0.15) is 55.7 Å². The zero-order valence-electron chi connectivity index (χ0n) is 17.9. The van der Waals surface area contributed by atoms with Gasteiger partial charge in [-0.15, -0.1) is 0 Å². The molecule has 0 saturated heterocycles. The summed E-state index contributed by atoms with van der Waals surface area (Å²) in [6, 6.07) is 7.96. The van der Waals surface area contributed by atoms with E-state index in [9.17, 15) is 17.6 Å². The summed E-state index contributed by atoms with van der Waals surface area (Å²) in [6.45, 7) is 4.52. The van der Waals surface area contributed by atoms with Gasteiger partial charge in [0.2, 0.25) is 5.91 Å². The van der Waals surface area contributed by atoms with Gasteiger partial charge in [0.25, 0.3) is 10.0 Å². The van der Waals surface area contributed by atoms with Crippen LogP contribution in [0.2, 0.25) is 0 Å². The van der Waals surface area contributed by atoms with Crippen LogP contribution in [0.15, 0.2) is 35.2 Å². The van der Waals surface area contributed by atoms with E-state index < -0.39 is 27.2 Å². The minimum Gasteiger partial charge on any atom is -0.496 e. The van der Waals surface area contributed by atoms with Crippen molar-refractivity contribution in [3.05, 3.63) is 52.8 Å². The molecule has 1 fully saturated rings. The molecule has 1 amide bonds. The SMILES string of the molecule is COc1cc(F)c(C(C)C)cc1C1(C(=O)NS(=O)(=O)c2cccc3c2CCCN3)CC1. The van der Waals surface area contributed by atoms with Gasteiger partial charge in [-0.1, -0.05) is 19.9 Å². The van der Waals surface area contributed by atoms with Crippen molar-refractivity contribution in [1.29, 1.82) is 0 Å². The standard InChI is InChI=1S/C23H27FN2O4S/c1-14(2)16-12-17(20(30-3)13-18(16)24)23(9-10-23)22(27)26-31(28,29)21-8-4-7-19-15(21)6-5-11-25-19/h4,7-8,12-14,25H,5-6,9-11H2,1-3H3,(H,26,27). The fourth-order valence-corrected chi connectivity index (χ4v) is 5.65. The second kappa shape index (κ2) is 7.82. The van der Waals surface area contributed by atoms with Crippen LogP contribution in [0, 0.1) is 5.82 Å². The highest BCUT2D eigenvalue weighted by molar-refractivity contribution is 7.90. The number of carbonyl (C=O) groups excluding carboxylic acids is 1. The average molecular weight is 447 g/mol. The summed E-state index contributed by atoms with van der Waals surface area (Å²) >= 11 is 0. The van der Waals surface area contributed by atoms with Crippen LogP contribution in [0.3, 0.4) is 0 Å². The second-order valence-corrected chi connectivity index (χ2v) is 10.2. The Labute approximate surface area is 182 Å². The van der Waals surface area contributed by atoms with Crippen LogP contribution < -0.4 is 14.8 Å². The molecule has 8 heteroatoms. The van der Waals surface area contributed by atoms with Gasteiger partial charge < -0.3 is 10.1 Å². The molecule has 166 valence electrons. The van der Waals surface area contributed by atoms with Crippen LogP contribution in [-0.2, 0) is 26.7 Å². The maximum absolute atomic E-state index is 14.4. The number of halogens is 1. The molecule has 2 aromatic rings. The third kappa shape index (κ3) is 3.78. The minimum atomic E-state index is -4.06. The summed E-state index contributed by atoms with van der Waals surface area (Å²) in [6.07, 6.45) is 2.40. The number of amides is 1. The summed E-state index contributed by atoms with van der Waals surface area (Å²) in [5, 5.41) is 3.20. The molecular formula is C23H27FN2O4S. The van der Waals surface area contributed by atoms with Gasteiger partial charge in [0.05, 0.1) is 17.4 Å². The third-order valence-electron chi connectivity index (χ3n) is 6.21. The first kappa shape index (κ1) is 21.6. The zero-order chi connectivity index (χ0) is 22.4. The zero-order valence-corrected chi connectivity index (χ0v) is 18.7. The summed E-state index contributed by atoms with van der Waals surface area (Å²) < 4.78 is 48.4. The number of ether oxygens (including phenoxy) is 1. The number of hydrogen-bond donors (Lipinski definition) is 2. The maximum Gasteiger partial charge on any atom is 0.264 e. The molecule has 2 N–H and O–H groups in total. The quantitative estimate of drug-likeness (QED) is 0.704. The van der Waals surface area contributed by atoms with Crippen molar-refractivity contribution in [2.24, 2.45) is 0 Å². The fourth-order valence-electron chi connectivity index (χ4n) is 4.30. The number of hydrogen-bond acceptors (Lipinski definition) is 5. The van der Waals surface area contributed by atoms with Crippen molar-refractivity contribution >= 4 is 21.6 Å². The Hall–Kier alpha value is -2.61. The molecule has 0 bridgehead atoms. The number of anilines is 1. The molecule has 0 atom stereocenters. The van der Waals surface area contributed by atoms with Gasteiger partial charge in [0.1, 0.15) is 11.6 Å². The van der Waals surface area contributed by atoms with E-state index in [1.54, 1.807) is 12.1 Å². The Morgan fingerprint density at radius 3 is 2.65 bits per heavy atom. The predicted octanol–water partition coefficient (Wildman–Crippen LogP) is 3.85. The van der Waals surface area contributed by atoms with Crippen LogP contribution >= 0.6 is 0 Å². The van der Waals surface area contributed by atoms with Crippen LogP contribution in [0.5, 0.6) is 5.75 Å². The number of methoxy groups -OCH3 is 1. The Kier molecular flexibility index (Phi) is 5.45. The number of nitrogens with one attached hydrogen (secondary N) is 2. The highest BCUT2D eigenvalue weighted by Gasteiger charge is 2.54. The van der Waals surface area contributed by atoms with Crippen molar-refractivity contribution in [1.82, 2.24) is 4.72 Å². The van der Waals surface area contributed by atoms with E-state index in [2.05, 4.69) is 10.0 Å². The monoisotopic (exact) mass is 446 g/mol. The van der Waals surface area contributed by atoms with Gasteiger partial charge in [-0.2, -0.15) is 0 Å². The normalized spacial score (nSPS) is 16.9. The van der Waals surface area contributed by atoms with E-state index in [4.69, 9.17) is 4.74 Å². The van der Waals surface area contributed by atoms with E-state index in [1.165, 1.54) is 19.2 Å². The van der Waals surface area contributed by atoms with Crippen molar-refractivity contribution in [3.63, 3.8) is 0 Å². The molecule has 2 aliphatic rings. The van der Waals surface area contributed by atoms with E-state index in [0.717, 1.165) is 18.7 Å². The first-order chi connectivity index (χ1) is 14.7. The molecule has 2 aromatic carbocycles. The lowest BCUT2D eigenvalue weighted by Gasteiger charge is -2.23. The highest BCUT2D eigenvalue weighted by atomic mass is 32.2. The maximum atomic E-state index is 14.4. The number of rotatable bonds is 6. The van der Waals surface area contributed by atoms with Gasteiger partial charge >= 0.3 is 0 Å². The van der Waals surface area contributed by atoms with Crippen LogP contribution in [0.25, 0.3) is 0 Å². The fraction of sp³-hybridized carbons (Fsp3) is 0.435. The van der Waals surface area contributed by atoms with Crippen molar-refractivity contribution in [2.45, 2.75) is 55.8 Å². The summed E-state index contributed by atoms with van der Waals surface area (Å²) in [4.78, 5) is 13.4. The largest absolute Gasteiger partial charge is 0.496 e. The Morgan fingerprint density at radius 2 is 2.00 bits per heavy atom. The average Bonchev–Trinajstić information content (AvgIpc) is 3.54. The topological polar surface area (TPSA) is 84.5 Å². The molecule has 0 unspecified atom stereocenters. The molecule has 6 nitrogen and oxygen atoms in total. The number of benzene rings is 2. The van der Waals surface area contributed by atoms with Gasteiger partial charge in [-0.05, 0) is 60.9 Å². The molecular weight excluding hydrogens is 419 g/mol. The van der Waals surface area contributed by atoms with Crippen molar-refractivity contribution in [2.75, 3.05) is 19.0 Å². The van der Waals surface area contributed by atoms with Crippen molar-refractivity contribution in [3.8, 4) is 5.75 Å². The molecule has 4 rings (SSSR count). The lowest BCUT2D eigenvalue weighted by atomic mass is 9.89. The minimum absolute atomic E-state index is 0.0874. The number of fused-ring (bicyclic) bond motifs is 1. The molecule has 0 aromatic heterocycles. The van der Waals surface area contributed by atoms with E-state index >= 15 is 0 Å².